The van der Waals surface area contributed by atoms with Crippen LogP contribution < -0.4 is 0 Å². The maximum absolute atomic E-state index is 13.1. The lowest BCUT2D eigenvalue weighted by Crippen LogP contribution is -2.07. The van der Waals surface area contributed by atoms with E-state index in [1.54, 1.807) is 25.1 Å². The zero-order valence-corrected chi connectivity index (χ0v) is 7.37. The maximum atomic E-state index is 13.1. The van der Waals surface area contributed by atoms with E-state index >= 15 is 0 Å². The number of benzene rings is 1. The highest BCUT2D eigenvalue weighted by Crippen LogP contribution is 2.17. The molecule has 0 heterocycles. The van der Waals surface area contributed by atoms with Gasteiger partial charge in [0.15, 0.2) is 6.29 Å². The molecule has 0 aromatic heterocycles. The number of aldehydes is 1. The number of hydrogen-bond acceptors (Lipinski definition) is 2. The first-order valence-corrected chi connectivity index (χ1v) is 4.11. The van der Waals surface area contributed by atoms with Crippen molar-refractivity contribution in [3.05, 3.63) is 35.6 Å². The third-order valence-electron chi connectivity index (χ3n) is 1.68. The monoisotopic (exact) mass is 182 g/mol. The van der Waals surface area contributed by atoms with E-state index < -0.39 is 11.9 Å². The Hall–Kier alpha value is -1.22. The molecule has 0 unspecified atom stereocenters. The first-order valence-electron chi connectivity index (χ1n) is 4.11. The number of carbonyl (C=O) groups excluding carboxylic acids is 1. The van der Waals surface area contributed by atoms with E-state index in [1.807, 2.05) is 0 Å². The first kappa shape index (κ1) is 9.86. The SMILES string of the molecule is CCO[C@H](C=O)c1ccccc1F. The number of ether oxygens (including phenoxy) is 1. The second-order valence-electron chi connectivity index (χ2n) is 2.53. The van der Waals surface area contributed by atoms with Gasteiger partial charge in [-0.2, -0.15) is 0 Å². The average Bonchev–Trinajstić information content (AvgIpc) is 2.16. The van der Waals surface area contributed by atoms with Gasteiger partial charge in [0.05, 0.1) is 0 Å². The fourth-order valence-electron chi connectivity index (χ4n) is 1.09. The fourth-order valence-corrected chi connectivity index (χ4v) is 1.09. The van der Waals surface area contributed by atoms with Crippen molar-refractivity contribution < 1.29 is 13.9 Å². The van der Waals surface area contributed by atoms with Gasteiger partial charge in [-0.25, -0.2) is 4.39 Å². The van der Waals surface area contributed by atoms with Crippen LogP contribution in [0.25, 0.3) is 0 Å². The van der Waals surface area contributed by atoms with Crippen LogP contribution in [0.4, 0.5) is 4.39 Å². The highest BCUT2D eigenvalue weighted by molar-refractivity contribution is 5.60. The van der Waals surface area contributed by atoms with Crippen molar-refractivity contribution in [2.75, 3.05) is 6.61 Å². The molecule has 2 nitrogen and oxygen atoms in total. The van der Waals surface area contributed by atoms with Crippen LogP contribution in [0.15, 0.2) is 24.3 Å². The lowest BCUT2D eigenvalue weighted by molar-refractivity contribution is -0.118. The number of hydrogen-bond donors (Lipinski definition) is 0. The minimum absolute atomic E-state index is 0.291. The summed E-state index contributed by atoms with van der Waals surface area (Å²) in [5.74, 6) is -0.409. The molecule has 1 rings (SSSR count). The summed E-state index contributed by atoms with van der Waals surface area (Å²) in [7, 11) is 0. The Kier molecular flexibility index (Phi) is 3.58. The Morgan fingerprint density at radius 2 is 2.23 bits per heavy atom. The zero-order valence-electron chi connectivity index (χ0n) is 7.37. The van der Waals surface area contributed by atoms with Crippen LogP contribution in [0.5, 0.6) is 0 Å². The lowest BCUT2D eigenvalue weighted by atomic mass is 10.1. The maximum Gasteiger partial charge on any atom is 0.153 e. The third-order valence-corrected chi connectivity index (χ3v) is 1.68. The van der Waals surface area contributed by atoms with Crippen LogP contribution >= 0.6 is 0 Å². The molecule has 0 saturated heterocycles. The Balaban J connectivity index is 2.90. The van der Waals surface area contributed by atoms with Crippen LogP contribution in [0.3, 0.4) is 0 Å². The molecule has 1 atom stereocenters. The van der Waals surface area contributed by atoms with Crippen molar-refractivity contribution in [3.8, 4) is 0 Å². The summed E-state index contributed by atoms with van der Waals surface area (Å²) in [6.45, 7) is 2.15. The minimum Gasteiger partial charge on any atom is -0.366 e. The zero-order chi connectivity index (χ0) is 9.68. The molecule has 0 N–H and O–H groups in total. The van der Waals surface area contributed by atoms with Gasteiger partial charge in [-0.15, -0.1) is 0 Å². The largest absolute Gasteiger partial charge is 0.366 e. The van der Waals surface area contributed by atoms with Crippen LogP contribution in [-0.4, -0.2) is 12.9 Å². The summed E-state index contributed by atoms with van der Waals surface area (Å²) in [5, 5.41) is 0. The van der Waals surface area contributed by atoms with Crippen molar-refractivity contribution in [3.63, 3.8) is 0 Å². The Bertz CT molecular complexity index is 286. The average molecular weight is 182 g/mol. The molecule has 1 aromatic rings. The molecule has 70 valence electrons. The van der Waals surface area contributed by atoms with Gasteiger partial charge >= 0.3 is 0 Å². The normalized spacial score (nSPS) is 12.5. The van der Waals surface area contributed by atoms with E-state index in [2.05, 4.69) is 0 Å². The molecule has 0 bridgehead atoms. The Morgan fingerprint density at radius 3 is 2.77 bits per heavy atom. The van der Waals surface area contributed by atoms with E-state index in [1.165, 1.54) is 6.07 Å². The lowest BCUT2D eigenvalue weighted by Gasteiger charge is -2.10. The highest BCUT2D eigenvalue weighted by atomic mass is 19.1. The molecular weight excluding hydrogens is 171 g/mol. The summed E-state index contributed by atoms with van der Waals surface area (Å²) in [5.41, 5.74) is 0.291. The summed E-state index contributed by atoms with van der Waals surface area (Å²) < 4.78 is 18.2. The molecule has 1 aromatic carbocycles. The standard InChI is InChI=1S/C10H11FO2/c1-2-13-10(7-12)8-5-3-4-6-9(8)11/h3-7,10H,2H2,1H3/t10-/m1/s1. The van der Waals surface area contributed by atoms with Crippen LogP contribution in [-0.2, 0) is 9.53 Å². The second-order valence-corrected chi connectivity index (χ2v) is 2.53. The molecular formula is C10H11FO2. The van der Waals surface area contributed by atoms with E-state index in [4.69, 9.17) is 4.74 Å². The predicted octanol–water partition coefficient (Wildman–Crippen LogP) is 2.10. The summed E-state index contributed by atoms with van der Waals surface area (Å²) in [6, 6.07) is 6.11. The highest BCUT2D eigenvalue weighted by Gasteiger charge is 2.13. The predicted molar refractivity (Wildman–Crippen MR) is 46.8 cm³/mol. The number of carbonyl (C=O) groups is 1. The molecule has 13 heavy (non-hydrogen) atoms. The van der Waals surface area contributed by atoms with E-state index in [-0.39, 0.29) is 0 Å². The number of rotatable bonds is 4. The van der Waals surface area contributed by atoms with Crippen LogP contribution in [0, 0.1) is 5.82 Å². The molecule has 0 amide bonds. The molecule has 0 fully saturated rings. The Morgan fingerprint density at radius 1 is 1.54 bits per heavy atom. The van der Waals surface area contributed by atoms with Gasteiger partial charge in [-0.1, -0.05) is 18.2 Å². The molecule has 0 saturated carbocycles. The molecule has 0 radical (unpaired) electrons. The smallest absolute Gasteiger partial charge is 0.153 e. The van der Waals surface area contributed by atoms with E-state index in [0.717, 1.165) is 0 Å². The van der Waals surface area contributed by atoms with Gasteiger partial charge < -0.3 is 9.53 Å². The topological polar surface area (TPSA) is 26.3 Å². The van der Waals surface area contributed by atoms with Crippen molar-refractivity contribution in [1.29, 1.82) is 0 Å². The fraction of sp³-hybridized carbons (Fsp3) is 0.300. The van der Waals surface area contributed by atoms with Crippen LogP contribution in [0.1, 0.15) is 18.6 Å². The van der Waals surface area contributed by atoms with Crippen molar-refractivity contribution in [2.45, 2.75) is 13.0 Å². The van der Waals surface area contributed by atoms with Gasteiger partial charge in [0.2, 0.25) is 0 Å². The van der Waals surface area contributed by atoms with E-state index in [0.29, 0.717) is 18.5 Å². The Labute approximate surface area is 76.3 Å². The van der Waals surface area contributed by atoms with Crippen molar-refractivity contribution >= 4 is 6.29 Å². The molecule has 0 aliphatic heterocycles. The summed E-state index contributed by atoms with van der Waals surface area (Å²) >= 11 is 0. The van der Waals surface area contributed by atoms with E-state index in [9.17, 15) is 9.18 Å². The van der Waals surface area contributed by atoms with Gasteiger partial charge in [-0.3, -0.25) is 0 Å². The van der Waals surface area contributed by atoms with Gasteiger partial charge in [0.1, 0.15) is 11.9 Å². The molecule has 0 aliphatic rings. The molecule has 3 heteroatoms. The van der Waals surface area contributed by atoms with Gasteiger partial charge in [0.25, 0.3) is 0 Å². The first-order chi connectivity index (χ1) is 6.29. The van der Waals surface area contributed by atoms with Gasteiger partial charge in [0, 0.05) is 12.2 Å². The van der Waals surface area contributed by atoms with Crippen molar-refractivity contribution in [2.24, 2.45) is 0 Å². The summed E-state index contributed by atoms with van der Waals surface area (Å²) in [4.78, 5) is 10.6. The number of halogens is 1. The quantitative estimate of drug-likeness (QED) is 0.666. The van der Waals surface area contributed by atoms with Crippen molar-refractivity contribution in [1.82, 2.24) is 0 Å². The second kappa shape index (κ2) is 4.72. The molecule has 0 aliphatic carbocycles. The van der Waals surface area contributed by atoms with Crippen LogP contribution in [0.2, 0.25) is 0 Å². The third kappa shape index (κ3) is 2.36. The molecule has 0 spiro atoms. The minimum atomic E-state index is -0.786. The summed E-state index contributed by atoms with van der Waals surface area (Å²) in [6.07, 6.45) is -0.187. The van der Waals surface area contributed by atoms with Gasteiger partial charge in [-0.05, 0) is 13.0 Å².